The summed E-state index contributed by atoms with van der Waals surface area (Å²) < 4.78 is 35.3. The molecule has 0 unspecified atom stereocenters. The third kappa shape index (κ3) is 5.35. The molecule has 0 amide bonds. The highest BCUT2D eigenvalue weighted by atomic mass is 32.2. The maximum absolute atomic E-state index is 13.4. The molecule has 8 heteroatoms. The maximum atomic E-state index is 13.4. The number of ether oxygens (including phenoxy) is 1. The first kappa shape index (κ1) is 24.9. The van der Waals surface area contributed by atoms with Crippen molar-refractivity contribution in [3.63, 3.8) is 0 Å². The second-order valence-electron chi connectivity index (χ2n) is 9.09. The summed E-state index contributed by atoms with van der Waals surface area (Å²) in [6.07, 6.45) is 4.65. The number of carbonyl (C=O) groups is 1. The van der Waals surface area contributed by atoms with Crippen molar-refractivity contribution in [2.75, 3.05) is 0 Å². The molecule has 1 aliphatic carbocycles. The monoisotopic (exact) mass is 516 g/mol. The standard InChI is InChI=1S/C29H28N2O5S/c32-19-29-30-16-17-31(29)18-28(21-8-3-1-4-9-21)36-27-15-14-24-23(12-7-13-26(24)33)25(27)20-37(34,35)22-10-5-2-6-11-22/h1-6,8-11,14-17,28,32H,7,12-13,18-20H2/t28-/m0/s1. The molecular weight excluding hydrogens is 488 g/mol. The van der Waals surface area contributed by atoms with Gasteiger partial charge in [0, 0.05) is 29.9 Å². The number of aliphatic hydroxyl groups excluding tert-OH is 1. The third-order valence-electron chi connectivity index (χ3n) is 6.70. The van der Waals surface area contributed by atoms with Gasteiger partial charge in [-0.25, -0.2) is 13.4 Å². The van der Waals surface area contributed by atoms with Crippen LogP contribution in [0.4, 0.5) is 0 Å². The SMILES string of the molecule is O=C1CCCc2c1ccc(O[C@@H](Cn1ccnc1CO)c1ccccc1)c2CS(=O)(=O)c1ccccc1. The van der Waals surface area contributed by atoms with Crippen LogP contribution in [0, 0.1) is 0 Å². The summed E-state index contributed by atoms with van der Waals surface area (Å²) in [5, 5.41) is 9.69. The predicted molar refractivity (Wildman–Crippen MR) is 139 cm³/mol. The van der Waals surface area contributed by atoms with Gasteiger partial charge in [0.2, 0.25) is 0 Å². The predicted octanol–water partition coefficient (Wildman–Crippen LogP) is 4.69. The van der Waals surface area contributed by atoms with Gasteiger partial charge >= 0.3 is 0 Å². The van der Waals surface area contributed by atoms with Gasteiger partial charge in [-0.3, -0.25) is 4.79 Å². The average molecular weight is 517 g/mol. The molecular formula is C29H28N2O5S. The van der Waals surface area contributed by atoms with Crippen molar-refractivity contribution in [3.8, 4) is 5.75 Å². The minimum atomic E-state index is -3.69. The van der Waals surface area contributed by atoms with Crippen LogP contribution in [-0.2, 0) is 35.2 Å². The molecule has 1 heterocycles. The van der Waals surface area contributed by atoms with Gasteiger partial charge in [0.1, 0.15) is 24.3 Å². The zero-order valence-corrected chi connectivity index (χ0v) is 21.1. The van der Waals surface area contributed by atoms with Crippen molar-refractivity contribution in [2.45, 2.75) is 49.2 Å². The van der Waals surface area contributed by atoms with Gasteiger partial charge in [-0.15, -0.1) is 0 Å². The summed E-state index contributed by atoms with van der Waals surface area (Å²) >= 11 is 0. The number of hydrogen-bond donors (Lipinski definition) is 1. The molecule has 3 aromatic carbocycles. The first-order valence-electron chi connectivity index (χ1n) is 12.2. The molecule has 0 aliphatic heterocycles. The first-order chi connectivity index (χ1) is 18.0. The van der Waals surface area contributed by atoms with E-state index < -0.39 is 15.9 Å². The number of carbonyl (C=O) groups excluding carboxylic acids is 1. The van der Waals surface area contributed by atoms with Gasteiger partial charge in [-0.05, 0) is 48.2 Å². The number of rotatable bonds is 9. The first-order valence-corrected chi connectivity index (χ1v) is 13.9. The van der Waals surface area contributed by atoms with Crippen molar-refractivity contribution < 1.29 is 23.1 Å². The summed E-state index contributed by atoms with van der Waals surface area (Å²) in [5.41, 5.74) is 2.75. The minimum Gasteiger partial charge on any atom is -0.484 e. The molecule has 1 aromatic heterocycles. The topological polar surface area (TPSA) is 98.5 Å². The summed E-state index contributed by atoms with van der Waals surface area (Å²) in [5.74, 6) is 0.703. The molecule has 0 bridgehead atoms. The van der Waals surface area contributed by atoms with Gasteiger partial charge in [0.05, 0.1) is 17.2 Å². The molecule has 37 heavy (non-hydrogen) atoms. The number of ketones is 1. The normalized spacial score (nSPS) is 14.2. The fraction of sp³-hybridized carbons (Fsp3) is 0.241. The van der Waals surface area contributed by atoms with E-state index in [0.29, 0.717) is 48.5 Å². The van der Waals surface area contributed by atoms with Crippen molar-refractivity contribution in [3.05, 3.63) is 113 Å². The van der Waals surface area contributed by atoms with Crippen LogP contribution in [0.5, 0.6) is 5.75 Å². The molecule has 7 nitrogen and oxygen atoms in total. The van der Waals surface area contributed by atoms with Crippen LogP contribution in [0.2, 0.25) is 0 Å². The zero-order chi connectivity index (χ0) is 25.8. The number of aliphatic hydroxyl groups is 1. The minimum absolute atomic E-state index is 0.0248. The molecule has 4 aromatic rings. The van der Waals surface area contributed by atoms with Crippen LogP contribution in [0.3, 0.4) is 0 Å². The van der Waals surface area contributed by atoms with E-state index in [1.165, 1.54) is 0 Å². The molecule has 0 spiro atoms. The Hall–Kier alpha value is -3.75. The number of Topliss-reactive ketones (excluding diaryl/α,β-unsaturated/α-hetero) is 1. The van der Waals surface area contributed by atoms with Crippen molar-refractivity contribution in [1.82, 2.24) is 9.55 Å². The number of imidazole rings is 1. The summed E-state index contributed by atoms with van der Waals surface area (Å²) in [6, 6.07) is 21.4. The summed E-state index contributed by atoms with van der Waals surface area (Å²) in [7, 11) is -3.69. The van der Waals surface area contributed by atoms with E-state index in [1.54, 1.807) is 54.9 Å². The number of benzene rings is 3. The van der Waals surface area contributed by atoms with Gasteiger partial charge < -0.3 is 14.4 Å². The van der Waals surface area contributed by atoms with Crippen molar-refractivity contribution in [1.29, 1.82) is 0 Å². The molecule has 1 N–H and O–H groups in total. The smallest absolute Gasteiger partial charge is 0.182 e. The Labute approximate surface area is 216 Å². The molecule has 0 saturated heterocycles. The molecule has 0 saturated carbocycles. The number of fused-ring (bicyclic) bond motifs is 1. The lowest BCUT2D eigenvalue weighted by Crippen LogP contribution is -2.20. The molecule has 0 radical (unpaired) electrons. The van der Waals surface area contributed by atoms with E-state index >= 15 is 0 Å². The van der Waals surface area contributed by atoms with E-state index in [4.69, 9.17) is 4.74 Å². The number of sulfone groups is 1. The van der Waals surface area contributed by atoms with Gasteiger partial charge in [-0.1, -0.05) is 48.5 Å². The Balaban J connectivity index is 1.58. The zero-order valence-electron chi connectivity index (χ0n) is 20.3. The largest absolute Gasteiger partial charge is 0.484 e. The summed E-state index contributed by atoms with van der Waals surface area (Å²) in [6.45, 7) is 0.150. The maximum Gasteiger partial charge on any atom is 0.182 e. The fourth-order valence-corrected chi connectivity index (χ4v) is 6.25. The number of nitrogens with zero attached hydrogens (tertiary/aromatic N) is 2. The lowest BCUT2D eigenvalue weighted by Gasteiger charge is -2.26. The van der Waals surface area contributed by atoms with Gasteiger partial charge in [0.25, 0.3) is 0 Å². The fourth-order valence-electron chi connectivity index (χ4n) is 4.82. The average Bonchev–Trinajstić information content (AvgIpc) is 3.38. The lowest BCUT2D eigenvalue weighted by molar-refractivity contribution is 0.0972. The highest BCUT2D eigenvalue weighted by molar-refractivity contribution is 7.90. The lowest BCUT2D eigenvalue weighted by atomic mass is 9.87. The van der Waals surface area contributed by atoms with Gasteiger partial charge in [-0.2, -0.15) is 0 Å². The van der Waals surface area contributed by atoms with Gasteiger partial charge in [0.15, 0.2) is 15.6 Å². The number of aromatic nitrogens is 2. The van der Waals surface area contributed by atoms with Crippen LogP contribution in [0.1, 0.15) is 51.8 Å². The van der Waals surface area contributed by atoms with E-state index in [1.807, 2.05) is 34.9 Å². The molecule has 5 rings (SSSR count). The molecule has 0 fully saturated rings. The second kappa shape index (κ2) is 10.7. The van der Waals surface area contributed by atoms with E-state index in [9.17, 15) is 18.3 Å². The highest BCUT2D eigenvalue weighted by Crippen LogP contribution is 2.36. The van der Waals surface area contributed by atoms with Crippen molar-refractivity contribution >= 4 is 15.6 Å². The Bertz CT molecular complexity index is 1500. The highest BCUT2D eigenvalue weighted by Gasteiger charge is 2.28. The molecule has 190 valence electrons. The van der Waals surface area contributed by atoms with Crippen molar-refractivity contribution in [2.24, 2.45) is 0 Å². The molecule has 1 atom stereocenters. The van der Waals surface area contributed by atoms with Crippen LogP contribution in [0.15, 0.2) is 90.1 Å². The van der Waals surface area contributed by atoms with Crippen LogP contribution in [-0.4, -0.2) is 28.9 Å². The van der Waals surface area contributed by atoms with E-state index in [2.05, 4.69) is 4.98 Å². The van der Waals surface area contributed by atoms with E-state index in [-0.39, 0.29) is 23.0 Å². The Morgan fingerprint density at radius 2 is 1.70 bits per heavy atom. The van der Waals surface area contributed by atoms with Crippen LogP contribution >= 0.6 is 0 Å². The molecule has 1 aliphatic rings. The number of hydrogen-bond acceptors (Lipinski definition) is 6. The van der Waals surface area contributed by atoms with Crippen LogP contribution in [0.25, 0.3) is 0 Å². The van der Waals surface area contributed by atoms with Crippen LogP contribution < -0.4 is 4.74 Å². The summed E-state index contributed by atoms with van der Waals surface area (Å²) in [4.78, 5) is 17.1. The Morgan fingerprint density at radius 1 is 0.973 bits per heavy atom. The Kier molecular flexibility index (Phi) is 7.21. The quantitative estimate of drug-likeness (QED) is 0.347. The third-order valence-corrected chi connectivity index (χ3v) is 8.36. The van der Waals surface area contributed by atoms with E-state index in [0.717, 1.165) is 11.1 Å². The second-order valence-corrected chi connectivity index (χ2v) is 11.1. The Morgan fingerprint density at radius 3 is 2.43 bits per heavy atom.